The minimum atomic E-state index is 0.674. The van der Waals surface area contributed by atoms with Crippen LogP contribution in [0.4, 0.5) is 0 Å². The summed E-state index contributed by atoms with van der Waals surface area (Å²) in [6.07, 6.45) is 2.60. The minimum absolute atomic E-state index is 0.674. The maximum atomic E-state index is 5.95. The van der Waals surface area contributed by atoms with Crippen LogP contribution in [0.5, 0.6) is 11.6 Å². The molecule has 0 atom stereocenters. The molecule has 0 radical (unpaired) electrons. The quantitative estimate of drug-likeness (QED) is 0.898. The molecule has 1 aliphatic carbocycles. The van der Waals surface area contributed by atoms with Crippen molar-refractivity contribution in [2.24, 2.45) is 0 Å². The lowest BCUT2D eigenvalue weighted by atomic mass is 10.1. The van der Waals surface area contributed by atoms with Gasteiger partial charge in [-0.15, -0.1) is 0 Å². The van der Waals surface area contributed by atoms with Gasteiger partial charge in [0.15, 0.2) is 0 Å². The predicted molar refractivity (Wildman–Crippen MR) is 84.8 cm³/mol. The molecule has 1 N–H and O–H groups in total. The van der Waals surface area contributed by atoms with Crippen LogP contribution in [0, 0.1) is 20.8 Å². The second-order valence-electron chi connectivity index (χ2n) is 6.04. The zero-order valence-corrected chi connectivity index (χ0v) is 12.9. The first-order valence-electron chi connectivity index (χ1n) is 7.55. The van der Waals surface area contributed by atoms with E-state index >= 15 is 0 Å². The summed E-state index contributed by atoms with van der Waals surface area (Å²) in [6.45, 7) is 7.05. The van der Waals surface area contributed by atoms with Crippen LogP contribution in [-0.4, -0.2) is 11.0 Å². The Hall–Kier alpha value is -1.87. The normalized spacial score (nSPS) is 14.2. The number of hydrogen-bond acceptors (Lipinski definition) is 3. The molecule has 1 aliphatic rings. The number of aryl methyl sites for hydroxylation is 3. The molecule has 1 saturated carbocycles. The first kappa shape index (κ1) is 14.1. The molecule has 0 aliphatic heterocycles. The zero-order chi connectivity index (χ0) is 14.8. The summed E-state index contributed by atoms with van der Waals surface area (Å²) in [5, 5.41) is 3.53. The summed E-state index contributed by atoms with van der Waals surface area (Å²) < 4.78 is 5.95. The molecule has 0 amide bonds. The van der Waals surface area contributed by atoms with E-state index in [0.717, 1.165) is 18.0 Å². The first-order valence-corrected chi connectivity index (χ1v) is 7.55. The van der Waals surface area contributed by atoms with Crippen molar-refractivity contribution in [1.82, 2.24) is 10.3 Å². The molecule has 1 heterocycles. The minimum Gasteiger partial charge on any atom is -0.439 e. The van der Waals surface area contributed by atoms with E-state index in [4.69, 9.17) is 4.74 Å². The Morgan fingerprint density at radius 1 is 1.05 bits per heavy atom. The maximum Gasteiger partial charge on any atom is 0.219 e. The number of rotatable bonds is 5. The number of nitrogens with zero attached hydrogens (tertiary/aromatic N) is 1. The van der Waals surface area contributed by atoms with E-state index in [1.54, 1.807) is 0 Å². The van der Waals surface area contributed by atoms with Crippen molar-refractivity contribution in [3.05, 3.63) is 52.7 Å². The van der Waals surface area contributed by atoms with Crippen LogP contribution in [0.2, 0.25) is 0 Å². The van der Waals surface area contributed by atoms with Gasteiger partial charge in [0.05, 0.1) is 0 Å². The fourth-order valence-corrected chi connectivity index (χ4v) is 2.52. The molecule has 3 heteroatoms. The molecule has 2 aromatic rings. The fourth-order valence-electron chi connectivity index (χ4n) is 2.52. The van der Waals surface area contributed by atoms with Gasteiger partial charge in [0.1, 0.15) is 5.75 Å². The highest BCUT2D eigenvalue weighted by atomic mass is 16.5. The van der Waals surface area contributed by atoms with Gasteiger partial charge in [0.2, 0.25) is 5.88 Å². The molecular formula is C18H22N2O. The summed E-state index contributed by atoms with van der Waals surface area (Å²) in [5.74, 6) is 1.53. The molecule has 1 aromatic carbocycles. The number of hydrogen-bond donors (Lipinski definition) is 1. The summed E-state index contributed by atoms with van der Waals surface area (Å²) in [4.78, 5) is 4.48. The molecule has 0 bridgehead atoms. The second-order valence-corrected chi connectivity index (χ2v) is 6.04. The maximum absolute atomic E-state index is 5.95. The monoisotopic (exact) mass is 282 g/mol. The van der Waals surface area contributed by atoms with E-state index in [2.05, 4.69) is 36.3 Å². The number of ether oxygens (including phenoxy) is 1. The number of benzene rings is 1. The van der Waals surface area contributed by atoms with E-state index in [0.29, 0.717) is 11.9 Å². The van der Waals surface area contributed by atoms with Crippen molar-refractivity contribution in [2.75, 3.05) is 0 Å². The van der Waals surface area contributed by atoms with Crippen molar-refractivity contribution < 1.29 is 4.74 Å². The molecule has 1 aromatic heterocycles. The molecule has 110 valence electrons. The summed E-state index contributed by atoms with van der Waals surface area (Å²) >= 11 is 0. The number of pyridine rings is 1. The van der Waals surface area contributed by atoms with Gasteiger partial charge >= 0.3 is 0 Å². The van der Waals surface area contributed by atoms with Crippen molar-refractivity contribution in [2.45, 2.75) is 46.2 Å². The third kappa shape index (κ3) is 4.05. The molecule has 3 rings (SSSR count). The van der Waals surface area contributed by atoms with Crippen LogP contribution in [0.1, 0.15) is 35.2 Å². The van der Waals surface area contributed by atoms with Crippen LogP contribution in [0.25, 0.3) is 0 Å². The lowest BCUT2D eigenvalue weighted by Crippen LogP contribution is -2.15. The Balaban J connectivity index is 1.76. The molecule has 0 saturated heterocycles. The van der Waals surface area contributed by atoms with Crippen LogP contribution < -0.4 is 10.1 Å². The van der Waals surface area contributed by atoms with E-state index in [1.165, 1.54) is 29.5 Å². The van der Waals surface area contributed by atoms with Crippen LogP contribution in [0.15, 0.2) is 30.3 Å². The van der Waals surface area contributed by atoms with Gasteiger partial charge in [0, 0.05) is 24.3 Å². The smallest absolute Gasteiger partial charge is 0.219 e. The third-order valence-corrected chi connectivity index (χ3v) is 3.58. The molecule has 0 spiro atoms. The highest BCUT2D eigenvalue weighted by Crippen LogP contribution is 2.24. The first-order chi connectivity index (χ1) is 10.1. The molecule has 1 fully saturated rings. The van der Waals surface area contributed by atoms with E-state index in [9.17, 15) is 0 Å². The Bertz CT molecular complexity index is 627. The number of nitrogens with one attached hydrogen (secondary N) is 1. The van der Waals surface area contributed by atoms with Gasteiger partial charge in [-0.05, 0) is 68.5 Å². The highest BCUT2D eigenvalue weighted by molar-refractivity contribution is 5.36. The average molecular weight is 282 g/mol. The topological polar surface area (TPSA) is 34.1 Å². The molecule has 21 heavy (non-hydrogen) atoms. The third-order valence-electron chi connectivity index (χ3n) is 3.58. The Morgan fingerprint density at radius 3 is 2.43 bits per heavy atom. The van der Waals surface area contributed by atoms with Gasteiger partial charge in [-0.3, -0.25) is 0 Å². The Morgan fingerprint density at radius 2 is 1.76 bits per heavy atom. The zero-order valence-electron chi connectivity index (χ0n) is 12.9. The SMILES string of the molecule is Cc1cc(C)cc(Oc2cc(CNC3CC3)cc(C)n2)c1. The number of aromatic nitrogens is 1. The van der Waals surface area contributed by atoms with Crippen LogP contribution >= 0.6 is 0 Å². The molecule has 0 unspecified atom stereocenters. The lowest BCUT2D eigenvalue weighted by molar-refractivity contribution is 0.459. The van der Waals surface area contributed by atoms with E-state index in [-0.39, 0.29) is 0 Å². The fraction of sp³-hybridized carbons (Fsp3) is 0.389. The van der Waals surface area contributed by atoms with E-state index in [1.807, 2.05) is 25.1 Å². The highest BCUT2D eigenvalue weighted by Gasteiger charge is 2.20. The average Bonchev–Trinajstić information content (AvgIpc) is 3.18. The van der Waals surface area contributed by atoms with Gasteiger partial charge in [0.25, 0.3) is 0 Å². The van der Waals surface area contributed by atoms with Gasteiger partial charge < -0.3 is 10.1 Å². The largest absolute Gasteiger partial charge is 0.439 e. The molecular weight excluding hydrogens is 260 g/mol. The summed E-state index contributed by atoms with van der Waals surface area (Å²) in [6, 6.07) is 11.1. The predicted octanol–water partition coefficient (Wildman–Crippen LogP) is 4.05. The van der Waals surface area contributed by atoms with Crippen LogP contribution in [0.3, 0.4) is 0 Å². The van der Waals surface area contributed by atoms with Crippen LogP contribution in [-0.2, 0) is 6.54 Å². The van der Waals surface area contributed by atoms with Crippen molar-refractivity contribution >= 4 is 0 Å². The van der Waals surface area contributed by atoms with Gasteiger partial charge in [-0.25, -0.2) is 4.98 Å². The van der Waals surface area contributed by atoms with Gasteiger partial charge in [-0.2, -0.15) is 0 Å². The summed E-state index contributed by atoms with van der Waals surface area (Å²) in [7, 11) is 0. The van der Waals surface area contributed by atoms with Crippen molar-refractivity contribution in [1.29, 1.82) is 0 Å². The van der Waals surface area contributed by atoms with E-state index < -0.39 is 0 Å². The summed E-state index contributed by atoms with van der Waals surface area (Å²) in [5.41, 5.74) is 4.62. The van der Waals surface area contributed by atoms with Gasteiger partial charge in [-0.1, -0.05) is 6.07 Å². The van der Waals surface area contributed by atoms with Crippen molar-refractivity contribution in [3.8, 4) is 11.6 Å². The second kappa shape index (κ2) is 5.86. The Labute approximate surface area is 126 Å². The standard InChI is InChI=1S/C18H22N2O/c1-12-6-13(2)8-17(7-12)21-18-10-15(9-14(3)20-18)11-19-16-4-5-16/h6-10,16,19H,4-5,11H2,1-3H3. The molecule has 3 nitrogen and oxygen atoms in total. The Kier molecular flexibility index (Phi) is 3.93. The van der Waals surface area contributed by atoms with Crippen molar-refractivity contribution in [3.63, 3.8) is 0 Å². The lowest BCUT2D eigenvalue weighted by Gasteiger charge is -2.10.